The summed E-state index contributed by atoms with van der Waals surface area (Å²) in [4.78, 5) is 38.7. The van der Waals surface area contributed by atoms with Gasteiger partial charge in [-0.05, 0) is 18.8 Å². The number of carbonyl (C=O) groups is 3. The van der Waals surface area contributed by atoms with E-state index in [9.17, 15) is 14.4 Å². The first-order chi connectivity index (χ1) is 9.56. The Hall–Kier alpha value is -1.24. The van der Waals surface area contributed by atoms with Crippen molar-refractivity contribution in [2.75, 3.05) is 24.7 Å². The molecule has 3 fully saturated rings. The number of hydrogen-bond donors (Lipinski definition) is 1. The van der Waals surface area contributed by atoms with Crippen LogP contribution in [0.25, 0.3) is 0 Å². The van der Waals surface area contributed by atoms with Crippen molar-refractivity contribution in [1.29, 1.82) is 0 Å². The minimum Gasteiger partial charge on any atom is -0.480 e. The van der Waals surface area contributed by atoms with Crippen molar-refractivity contribution in [2.45, 2.75) is 25.3 Å². The first kappa shape index (κ1) is 13.7. The minimum absolute atomic E-state index is 0.0361. The van der Waals surface area contributed by atoms with Crippen molar-refractivity contribution < 1.29 is 19.5 Å². The number of aliphatic carboxylic acids is 1. The van der Waals surface area contributed by atoms with Gasteiger partial charge < -0.3 is 14.9 Å². The molecule has 6 nitrogen and oxygen atoms in total. The SMILES string of the molecule is O=C(O)C1CSCN1C(=O)C1CC(=O)N(CC2CC2)C1. The molecule has 3 aliphatic rings. The number of nitrogens with zero attached hydrogens (tertiary/aromatic N) is 2. The Balaban J connectivity index is 1.62. The maximum atomic E-state index is 12.4. The Morgan fingerprint density at radius 3 is 2.75 bits per heavy atom. The van der Waals surface area contributed by atoms with E-state index in [-0.39, 0.29) is 24.2 Å². The van der Waals surface area contributed by atoms with Crippen LogP contribution in [0.5, 0.6) is 0 Å². The third-order valence-electron chi connectivity index (χ3n) is 4.19. The fraction of sp³-hybridized carbons (Fsp3) is 0.769. The lowest BCUT2D eigenvalue weighted by Gasteiger charge is -2.23. The van der Waals surface area contributed by atoms with E-state index in [1.807, 2.05) is 0 Å². The van der Waals surface area contributed by atoms with E-state index in [4.69, 9.17) is 5.11 Å². The molecule has 1 saturated carbocycles. The topological polar surface area (TPSA) is 77.9 Å². The number of carbonyl (C=O) groups excluding carboxylic acids is 2. The molecule has 2 atom stereocenters. The fourth-order valence-electron chi connectivity index (χ4n) is 2.83. The summed E-state index contributed by atoms with van der Waals surface area (Å²) < 4.78 is 0. The largest absolute Gasteiger partial charge is 0.480 e. The van der Waals surface area contributed by atoms with Crippen molar-refractivity contribution >= 4 is 29.5 Å². The van der Waals surface area contributed by atoms with Crippen LogP contribution in [0.3, 0.4) is 0 Å². The molecular formula is C13H18N2O4S. The summed E-state index contributed by atoms with van der Waals surface area (Å²) in [6.07, 6.45) is 2.58. The maximum Gasteiger partial charge on any atom is 0.327 e. The summed E-state index contributed by atoms with van der Waals surface area (Å²) in [7, 11) is 0. The van der Waals surface area contributed by atoms with Gasteiger partial charge in [0.1, 0.15) is 6.04 Å². The second kappa shape index (κ2) is 5.27. The van der Waals surface area contributed by atoms with Gasteiger partial charge in [0, 0.05) is 25.3 Å². The predicted octanol–water partition coefficient (Wildman–Crippen LogP) is 0.231. The quantitative estimate of drug-likeness (QED) is 0.804. The van der Waals surface area contributed by atoms with Crippen LogP contribution in [0.2, 0.25) is 0 Å². The van der Waals surface area contributed by atoms with E-state index < -0.39 is 12.0 Å². The molecule has 7 heteroatoms. The number of rotatable bonds is 4. The van der Waals surface area contributed by atoms with Crippen LogP contribution in [0.1, 0.15) is 19.3 Å². The van der Waals surface area contributed by atoms with Crippen LogP contribution in [0.15, 0.2) is 0 Å². The van der Waals surface area contributed by atoms with Crippen molar-refractivity contribution in [3.8, 4) is 0 Å². The summed E-state index contributed by atoms with van der Waals surface area (Å²) in [6, 6.07) is -0.736. The van der Waals surface area contributed by atoms with Crippen LogP contribution in [0.4, 0.5) is 0 Å². The van der Waals surface area contributed by atoms with E-state index in [1.54, 1.807) is 4.90 Å². The highest BCUT2D eigenvalue weighted by molar-refractivity contribution is 7.99. The Bertz CT molecular complexity index is 452. The molecule has 0 spiro atoms. The van der Waals surface area contributed by atoms with Crippen LogP contribution >= 0.6 is 11.8 Å². The number of amides is 2. The van der Waals surface area contributed by atoms with Gasteiger partial charge in [-0.2, -0.15) is 0 Å². The molecule has 0 aromatic rings. The van der Waals surface area contributed by atoms with Gasteiger partial charge in [0.15, 0.2) is 0 Å². The second-order valence-corrected chi connectivity index (χ2v) is 6.80. The van der Waals surface area contributed by atoms with Crippen molar-refractivity contribution in [1.82, 2.24) is 9.80 Å². The number of likely N-dealkylation sites (tertiary alicyclic amines) is 1. The normalized spacial score (nSPS) is 30.1. The number of hydrogen-bond acceptors (Lipinski definition) is 4. The van der Waals surface area contributed by atoms with E-state index in [0.29, 0.717) is 24.1 Å². The summed E-state index contributed by atoms with van der Waals surface area (Å²) in [6.45, 7) is 1.22. The highest BCUT2D eigenvalue weighted by Crippen LogP contribution is 2.33. The van der Waals surface area contributed by atoms with E-state index in [2.05, 4.69) is 0 Å². The summed E-state index contributed by atoms with van der Waals surface area (Å²) in [5.74, 6) is 0.0191. The van der Waals surface area contributed by atoms with Crippen LogP contribution in [-0.4, -0.2) is 63.5 Å². The summed E-state index contributed by atoms with van der Waals surface area (Å²) in [5, 5.41) is 9.12. The molecule has 0 bridgehead atoms. The molecule has 3 rings (SSSR count). The van der Waals surface area contributed by atoms with Crippen LogP contribution in [-0.2, 0) is 14.4 Å². The zero-order valence-electron chi connectivity index (χ0n) is 11.2. The van der Waals surface area contributed by atoms with Crippen molar-refractivity contribution in [3.05, 3.63) is 0 Å². The lowest BCUT2D eigenvalue weighted by atomic mass is 10.1. The lowest BCUT2D eigenvalue weighted by molar-refractivity contribution is -0.149. The first-order valence-electron chi connectivity index (χ1n) is 6.95. The van der Waals surface area contributed by atoms with Gasteiger partial charge in [-0.25, -0.2) is 4.79 Å². The molecule has 0 aromatic carbocycles. The molecule has 2 saturated heterocycles. The van der Waals surface area contributed by atoms with Gasteiger partial charge in [-0.1, -0.05) is 0 Å². The number of carboxylic acid groups (broad SMARTS) is 1. The highest BCUT2D eigenvalue weighted by atomic mass is 32.2. The monoisotopic (exact) mass is 298 g/mol. The van der Waals surface area contributed by atoms with E-state index in [0.717, 1.165) is 6.54 Å². The molecule has 1 N–H and O–H groups in total. The summed E-state index contributed by atoms with van der Waals surface area (Å²) >= 11 is 1.45. The lowest BCUT2D eigenvalue weighted by Crippen LogP contribution is -2.45. The molecule has 110 valence electrons. The standard InChI is InChI=1S/C13H18N2O4S/c16-11-3-9(5-14(11)4-8-1-2-8)12(17)15-7-20-6-10(15)13(18)19/h8-10H,1-7H2,(H,18,19). The van der Waals surface area contributed by atoms with Crippen LogP contribution in [0, 0.1) is 11.8 Å². The van der Waals surface area contributed by atoms with Crippen molar-refractivity contribution in [2.24, 2.45) is 11.8 Å². The first-order valence-corrected chi connectivity index (χ1v) is 8.10. The average Bonchev–Trinajstić information content (AvgIpc) is 2.95. The third kappa shape index (κ3) is 2.63. The molecule has 2 aliphatic heterocycles. The van der Waals surface area contributed by atoms with Gasteiger partial charge >= 0.3 is 5.97 Å². The third-order valence-corrected chi connectivity index (χ3v) is 5.20. The average molecular weight is 298 g/mol. The Kier molecular flexibility index (Phi) is 3.62. The molecule has 2 amide bonds. The Morgan fingerprint density at radius 2 is 2.10 bits per heavy atom. The molecule has 1 aliphatic carbocycles. The summed E-state index contributed by atoms with van der Waals surface area (Å²) in [5.41, 5.74) is 0. The minimum atomic E-state index is -0.956. The molecule has 0 radical (unpaired) electrons. The van der Waals surface area contributed by atoms with Gasteiger partial charge in [-0.3, -0.25) is 9.59 Å². The van der Waals surface area contributed by atoms with E-state index >= 15 is 0 Å². The predicted molar refractivity (Wildman–Crippen MR) is 73.0 cm³/mol. The number of carboxylic acids is 1. The fourth-order valence-corrected chi connectivity index (χ4v) is 3.98. The molecular weight excluding hydrogens is 280 g/mol. The zero-order chi connectivity index (χ0) is 14.3. The van der Waals surface area contributed by atoms with Gasteiger partial charge in [0.05, 0.1) is 11.8 Å². The van der Waals surface area contributed by atoms with Crippen LogP contribution < -0.4 is 0 Å². The van der Waals surface area contributed by atoms with Crippen molar-refractivity contribution in [3.63, 3.8) is 0 Å². The Morgan fingerprint density at radius 1 is 1.35 bits per heavy atom. The highest BCUT2D eigenvalue weighted by Gasteiger charge is 2.42. The second-order valence-electron chi connectivity index (χ2n) is 5.81. The van der Waals surface area contributed by atoms with Gasteiger partial charge in [0.2, 0.25) is 11.8 Å². The van der Waals surface area contributed by atoms with Gasteiger partial charge in [-0.15, -0.1) is 11.8 Å². The Labute approximate surface area is 121 Å². The number of thioether (sulfide) groups is 1. The zero-order valence-corrected chi connectivity index (χ0v) is 12.0. The van der Waals surface area contributed by atoms with Gasteiger partial charge in [0.25, 0.3) is 0 Å². The molecule has 20 heavy (non-hydrogen) atoms. The maximum absolute atomic E-state index is 12.4. The molecule has 2 unspecified atom stereocenters. The molecule has 2 heterocycles. The van der Waals surface area contributed by atoms with E-state index in [1.165, 1.54) is 29.5 Å². The molecule has 0 aromatic heterocycles. The smallest absolute Gasteiger partial charge is 0.327 e.